The molecule has 0 spiro atoms. The Balaban J connectivity index is 1.61. The SMILES string of the molecule is Nc1ncnn2c(-c3cc(C(=O)N[C@@H]4CN(C(=O)CC(O)(C(F)(F)F)C(F)(F)F)C[C@@H]4F)c(F)cc3F)cc(C(F)(F)F)c12. The molecule has 0 saturated carbocycles. The average molecular weight is 652 g/mol. The van der Waals surface area contributed by atoms with Crippen LogP contribution in [0.3, 0.4) is 0 Å². The summed E-state index contributed by atoms with van der Waals surface area (Å²) in [7, 11) is 0. The second-order valence-corrected chi connectivity index (χ2v) is 9.59. The number of aliphatic hydroxyl groups is 1. The molecule has 2 amide bonds. The predicted octanol–water partition coefficient (Wildman–Crippen LogP) is 3.80. The second-order valence-electron chi connectivity index (χ2n) is 9.59. The highest BCUT2D eigenvalue weighted by Gasteiger charge is 2.71. The fourth-order valence-electron chi connectivity index (χ4n) is 4.44. The van der Waals surface area contributed by atoms with Crippen LogP contribution in [0.5, 0.6) is 0 Å². The zero-order valence-corrected chi connectivity index (χ0v) is 21.3. The van der Waals surface area contributed by atoms with E-state index in [1.165, 1.54) is 0 Å². The molecule has 3 aromatic rings. The number of rotatable bonds is 5. The summed E-state index contributed by atoms with van der Waals surface area (Å²) in [5.41, 5.74) is -4.74. The molecule has 21 heteroatoms. The van der Waals surface area contributed by atoms with Gasteiger partial charge in [-0.15, -0.1) is 0 Å². The third-order valence-electron chi connectivity index (χ3n) is 6.73. The summed E-state index contributed by atoms with van der Waals surface area (Å²) in [6.45, 7) is -2.16. The Morgan fingerprint density at radius 2 is 1.59 bits per heavy atom. The van der Waals surface area contributed by atoms with Crippen molar-refractivity contribution in [3.63, 3.8) is 0 Å². The Morgan fingerprint density at radius 3 is 2.16 bits per heavy atom. The Morgan fingerprint density at radius 1 is 0.977 bits per heavy atom. The minimum absolute atomic E-state index is 0.105. The van der Waals surface area contributed by atoms with Crippen molar-refractivity contribution in [2.45, 2.75) is 42.8 Å². The number of nitrogens with zero attached hydrogens (tertiary/aromatic N) is 4. The number of carbonyl (C=O) groups excluding carboxylic acids is 2. The van der Waals surface area contributed by atoms with Crippen LogP contribution >= 0.6 is 0 Å². The number of halogens is 12. The van der Waals surface area contributed by atoms with Crippen LogP contribution in [0.25, 0.3) is 16.8 Å². The molecular weight excluding hydrogens is 636 g/mol. The first kappa shape index (κ1) is 32.6. The number of hydrogen-bond donors (Lipinski definition) is 3. The normalized spacial score (nSPS) is 18.2. The van der Waals surface area contributed by atoms with Crippen LogP contribution in [0, 0.1) is 11.6 Å². The summed E-state index contributed by atoms with van der Waals surface area (Å²) >= 11 is 0. The Hall–Kier alpha value is -4.30. The highest BCUT2D eigenvalue weighted by molar-refractivity contribution is 5.96. The lowest BCUT2D eigenvalue weighted by atomic mass is 9.97. The van der Waals surface area contributed by atoms with E-state index in [-0.39, 0.29) is 11.0 Å². The smallest absolute Gasteiger partial charge is 0.382 e. The molecule has 1 saturated heterocycles. The second kappa shape index (κ2) is 10.7. The van der Waals surface area contributed by atoms with Crippen molar-refractivity contribution < 1.29 is 67.4 Å². The molecule has 4 N–H and O–H groups in total. The van der Waals surface area contributed by atoms with Crippen LogP contribution in [0.2, 0.25) is 0 Å². The minimum Gasteiger partial charge on any atom is -0.382 e. The summed E-state index contributed by atoms with van der Waals surface area (Å²) in [5.74, 6) is -7.28. The standard InChI is InChI=1S/C23H16F12N6O3/c24-11-3-12(25)9(1-8(11)15-2-10(21(27,28)29)17-18(36)37-7-38-41(15)17)19(43)39-14-6-40(5-13(14)26)16(42)4-20(44,22(30,31)32)23(33,34)35/h1-3,7,13-14,44H,4-6H2,(H,39,43)(H2,36,37,38)/t13-,14+/m0/s1. The van der Waals surface area contributed by atoms with E-state index in [2.05, 4.69) is 10.1 Å². The van der Waals surface area contributed by atoms with Gasteiger partial charge in [0.15, 0.2) is 5.82 Å². The van der Waals surface area contributed by atoms with Gasteiger partial charge in [-0.25, -0.2) is 22.7 Å². The number of amides is 2. The van der Waals surface area contributed by atoms with Crippen molar-refractivity contribution in [2.24, 2.45) is 0 Å². The number of likely N-dealkylation sites (tertiary alicyclic amines) is 1. The van der Waals surface area contributed by atoms with Gasteiger partial charge < -0.3 is 21.1 Å². The zero-order valence-electron chi connectivity index (χ0n) is 21.3. The first-order chi connectivity index (χ1) is 20.1. The highest BCUT2D eigenvalue weighted by Crippen LogP contribution is 2.46. The number of nitrogens with two attached hydrogens (primary N) is 1. The summed E-state index contributed by atoms with van der Waals surface area (Å²) in [5, 5.41) is 14.7. The van der Waals surface area contributed by atoms with Gasteiger partial charge in [-0.3, -0.25) is 9.59 Å². The van der Waals surface area contributed by atoms with Crippen LogP contribution in [0.1, 0.15) is 22.3 Å². The van der Waals surface area contributed by atoms with E-state index >= 15 is 0 Å². The molecule has 2 aromatic heterocycles. The van der Waals surface area contributed by atoms with Crippen molar-refractivity contribution in [1.29, 1.82) is 0 Å². The van der Waals surface area contributed by atoms with Gasteiger partial charge in [-0.2, -0.15) is 44.6 Å². The Labute approximate surface area is 236 Å². The lowest BCUT2D eigenvalue weighted by Crippen LogP contribution is -2.59. The quantitative estimate of drug-likeness (QED) is 0.361. The van der Waals surface area contributed by atoms with E-state index in [0.717, 1.165) is 6.33 Å². The van der Waals surface area contributed by atoms with Crippen LogP contribution in [0.15, 0.2) is 24.5 Å². The highest BCUT2D eigenvalue weighted by atomic mass is 19.4. The van der Waals surface area contributed by atoms with E-state index in [1.54, 1.807) is 0 Å². The maximum absolute atomic E-state index is 14.8. The summed E-state index contributed by atoms with van der Waals surface area (Å²) in [6.07, 6.45) is -21.9. The average Bonchev–Trinajstić information content (AvgIpc) is 3.44. The number of nitrogens with one attached hydrogen (secondary N) is 1. The number of carbonyl (C=O) groups is 2. The van der Waals surface area contributed by atoms with Crippen molar-refractivity contribution in [1.82, 2.24) is 24.8 Å². The molecule has 9 nitrogen and oxygen atoms in total. The number of aromatic nitrogens is 3. The fraction of sp³-hybridized carbons (Fsp3) is 0.391. The third kappa shape index (κ3) is 5.66. The molecule has 0 radical (unpaired) electrons. The van der Waals surface area contributed by atoms with Crippen LogP contribution in [0.4, 0.5) is 58.5 Å². The molecule has 4 rings (SSSR count). The zero-order chi connectivity index (χ0) is 33.2. The van der Waals surface area contributed by atoms with E-state index in [1.807, 2.05) is 5.32 Å². The predicted molar refractivity (Wildman–Crippen MR) is 122 cm³/mol. The number of fused-ring (bicyclic) bond motifs is 1. The Bertz CT molecular complexity index is 1600. The third-order valence-corrected chi connectivity index (χ3v) is 6.73. The van der Waals surface area contributed by atoms with E-state index in [9.17, 15) is 67.4 Å². The molecule has 1 fully saturated rings. The van der Waals surface area contributed by atoms with Crippen LogP contribution in [-0.4, -0.2) is 79.7 Å². The largest absolute Gasteiger partial charge is 0.426 e. The molecule has 0 aliphatic carbocycles. The molecule has 1 aliphatic heterocycles. The number of benzene rings is 1. The molecule has 1 aliphatic rings. The molecule has 44 heavy (non-hydrogen) atoms. The topological polar surface area (TPSA) is 126 Å². The lowest BCUT2D eigenvalue weighted by Gasteiger charge is -2.32. The van der Waals surface area contributed by atoms with Gasteiger partial charge in [-0.05, 0) is 12.1 Å². The van der Waals surface area contributed by atoms with Crippen molar-refractivity contribution in [3.8, 4) is 11.3 Å². The van der Waals surface area contributed by atoms with Gasteiger partial charge >= 0.3 is 18.5 Å². The van der Waals surface area contributed by atoms with Crippen molar-refractivity contribution in [2.75, 3.05) is 18.8 Å². The minimum atomic E-state index is -6.34. The number of anilines is 1. The molecule has 1 aromatic carbocycles. The van der Waals surface area contributed by atoms with Gasteiger partial charge in [-0.1, -0.05) is 0 Å². The number of alkyl halides is 10. The molecule has 2 atom stereocenters. The maximum atomic E-state index is 14.8. The fourth-order valence-corrected chi connectivity index (χ4v) is 4.44. The number of nitrogen functional groups attached to an aromatic ring is 1. The molecule has 0 unspecified atom stereocenters. The number of hydrogen-bond acceptors (Lipinski definition) is 6. The molecule has 240 valence electrons. The van der Waals surface area contributed by atoms with Gasteiger partial charge in [0.25, 0.3) is 11.5 Å². The van der Waals surface area contributed by atoms with Gasteiger partial charge in [0.1, 0.15) is 29.7 Å². The van der Waals surface area contributed by atoms with Gasteiger partial charge in [0, 0.05) is 18.2 Å². The first-order valence-electron chi connectivity index (χ1n) is 11.8. The van der Waals surface area contributed by atoms with Crippen molar-refractivity contribution in [3.05, 3.63) is 47.3 Å². The summed E-state index contributed by atoms with van der Waals surface area (Å²) in [4.78, 5) is 28.6. The maximum Gasteiger partial charge on any atom is 0.426 e. The Kier molecular flexibility index (Phi) is 7.93. The molecular formula is C23H16F12N6O3. The molecule has 3 heterocycles. The van der Waals surface area contributed by atoms with Crippen molar-refractivity contribution >= 4 is 23.1 Å². The van der Waals surface area contributed by atoms with E-state index in [4.69, 9.17) is 5.73 Å². The summed E-state index contributed by atoms with van der Waals surface area (Å²) in [6, 6.07) is -0.909. The van der Waals surface area contributed by atoms with E-state index < -0.39 is 113 Å². The summed E-state index contributed by atoms with van der Waals surface area (Å²) < 4.78 is 163. The first-order valence-corrected chi connectivity index (χ1v) is 11.8. The lowest BCUT2D eigenvalue weighted by molar-refractivity contribution is -0.367. The van der Waals surface area contributed by atoms with Crippen LogP contribution < -0.4 is 11.1 Å². The van der Waals surface area contributed by atoms with Gasteiger partial charge in [0.2, 0.25) is 5.91 Å². The molecule has 0 bridgehead atoms. The van der Waals surface area contributed by atoms with Gasteiger partial charge in [0.05, 0.1) is 35.8 Å². The van der Waals surface area contributed by atoms with E-state index in [0.29, 0.717) is 16.6 Å². The van der Waals surface area contributed by atoms with Crippen LogP contribution in [-0.2, 0) is 11.0 Å². The monoisotopic (exact) mass is 652 g/mol.